The summed E-state index contributed by atoms with van der Waals surface area (Å²) in [5, 5.41) is 3.45. The number of benzene rings is 1. The first kappa shape index (κ1) is 20.6. The number of nitrogens with zero attached hydrogens (tertiary/aromatic N) is 5. The monoisotopic (exact) mass is 428 g/mol. The molecular formula is C21H25ClN6O2. The zero-order valence-electron chi connectivity index (χ0n) is 16.8. The van der Waals surface area contributed by atoms with E-state index in [1.54, 1.807) is 12.1 Å². The molecule has 2 saturated heterocycles. The lowest BCUT2D eigenvalue weighted by Crippen LogP contribution is -2.38. The molecule has 0 bridgehead atoms. The van der Waals surface area contributed by atoms with E-state index in [1.807, 2.05) is 18.2 Å². The number of morpholine rings is 1. The Bertz CT molecular complexity index is 910. The van der Waals surface area contributed by atoms with Crippen LogP contribution in [-0.2, 0) is 16.1 Å². The zero-order valence-corrected chi connectivity index (χ0v) is 17.5. The molecule has 158 valence electrons. The van der Waals surface area contributed by atoms with Crippen molar-refractivity contribution in [2.75, 3.05) is 49.2 Å². The molecule has 1 aromatic carbocycles. The normalized spacial score (nSPS) is 17.0. The first-order valence-corrected chi connectivity index (χ1v) is 10.6. The van der Waals surface area contributed by atoms with Gasteiger partial charge in [0.1, 0.15) is 0 Å². The second kappa shape index (κ2) is 9.86. The third kappa shape index (κ3) is 5.25. The standard InChI is InChI=1S/C21H25ClN6O2/c22-17-6-2-1-5-16(17)7-8-19(29)23-15-18-24-20(27-9-3-4-10-27)26-21(25-18)28-11-13-30-14-12-28/h1-2,5-8H,3-4,9-15H2,(H,23,29)/b8-7+. The maximum absolute atomic E-state index is 12.3. The molecule has 8 nitrogen and oxygen atoms in total. The molecular weight excluding hydrogens is 404 g/mol. The number of carbonyl (C=O) groups excluding carboxylic acids is 1. The van der Waals surface area contributed by atoms with Gasteiger partial charge >= 0.3 is 0 Å². The highest BCUT2D eigenvalue weighted by atomic mass is 35.5. The van der Waals surface area contributed by atoms with Crippen LogP contribution in [0.5, 0.6) is 0 Å². The van der Waals surface area contributed by atoms with Gasteiger partial charge in [-0.2, -0.15) is 15.0 Å². The minimum atomic E-state index is -0.231. The number of halogens is 1. The maximum Gasteiger partial charge on any atom is 0.244 e. The molecule has 3 heterocycles. The van der Waals surface area contributed by atoms with Crippen molar-refractivity contribution in [3.05, 3.63) is 46.8 Å². The maximum atomic E-state index is 12.3. The summed E-state index contributed by atoms with van der Waals surface area (Å²) in [5.41, 5.74) is 0.792. The second-order valence-corrected chi connectivity index (χ2v) is 7.63. The molecule has 2 aliphatic rings. The first-order chi connectivity index (χ1) is 14.7. The van der Waals surface area contributed by atoms with E-state index in [-0.39, 0.29) is 12.5 Å². The Morgan fingerprint density at radius 2 is 1.70 bits per heavy atom. The van der Waals surface area contributed by atoms with Crippen LogP contribution in [0, 0.1) is 0 Å². The van der Waals surface area contributed by atoms with Gasteiger partial charge in [0.05, 0.1) is 19.8 Å². The molecule has 9 heteroatoms. The van der Waals surface area contributed by atoms with Gasteiger partial charge in [-0.1, -0.05) is 29.8 Å². The van der Waals surface area contributed by atoms with Crippen molar-refractivity contribution in [2.45, 2.75) is 19.4 Å². The predicted octanol–water partition coefficient (Wildman–Crippen LogP) is 2.29. The zero-order chi connectivity index (χ0) is 20.8. The topological polar surface area (TPSA) is 83.5 Å². The number of carbonyl (C=O) groups is 1. The highest BCUT2D eigenvalue weighted by Crippen LogP contribution is 2.20. The third-order valence-electron chi connectivity index (χ3n) is 5.08. The summed E-state index contributed by atoms with van der Waals surface area (Å²) in [5.74, 6) is 1.64. The van der Waals surface area contributed by atoms with Gasteiger partial charge in [-0.25, -0.2) is 0 Å². The lowest BCUT2D eigenvalue weighted by atomic mass is 10.2. The molecule has 0 aliphatic carbocycles. The summed E-state index contributed by atoms with van der Waals surface area (Å²) in [6.07, 6.45) is 5.43. The van der Waals surface area contributed by atoms with E-state index >= 15 is 0 Å². The summed E-state index contributed by atoms with van der Waals surface area (Å²) >= 11 is 6.12. The average molecular weight is 429 g/mol. The number of hydrogen-bond acceptors (Lipinski definition) is 7. The van der Waals surface area contributed by atoms with Crippen molar-refractivity contribution in [1.82, 2.24) is 20.3 Å². The second-order valence-electron chi connectivity index (χ2n) is 7.22. The number of anilines is 2. The van der Waals surface area contributed by atoms with Gasteiger partial charge in [0.25, 0.3) is 0 Å². The van der Waals surface area contributed by atoms with Gasteiger partial charge in [0.2, 0.25) is 17.8 Å². The van der Waals surface area contributed by atoms with E-state index < -0.39 is 0 Å². The highest BCUT2D eigenvalue weighted by molar-refractivity contribution is 6.32. The quantitative estimate of drug-likeness (QED) is 0.706. The number of rotatable bonds is 6. The molecule has 1 aromatic heterocycles. The van der Waals surface area contributed by atoms with Crippen molar-refractivity contribution in [3.63, 3.8) is 0 Å². The van der Waals surface area contributed by atoms with E-state index in [0.29, 0.717) is 36.0 Å². The summed E-state index contributed by atoms with van der Waals surface area (Å²) < 4.78 is 5.43. The Morgan fingerprint density at radius 3 is 2.40 bits per heavy atom. The fourth-order valence-corrected chi connectivity index (χ4v) is 3.64. The molecule has 30 heavy (non-hydrogen) atoms. The van der Waals surface area contributed by atoms with Crippen molar-refractivity contribution in [1.29, 1.82) is 0 Å². The summed E-state index contributed by atoms with van der Waals surface area (Å²) in [6, 6.07) is 7.37. The fourth-order valence-electron chi connectivity index (χ4n) is 3.44. The van der Waals surface area contributed by atoms with Crippen molar-refractivity contribution < 1.29 is 9.53 Å². The molecule has 0 radical (unpaired) electrons. The van der Waals surface area contributed by atoms with Gasteiger partial charge in [0.15, 0.2) is 5.82 Å². The lowest BCUT2D eigenvalue weighted by molar-refractivity contribution is -0.116. The molecule has 2 aliphatic heterocycles. The minimum absolute atomic E-state index is 0.229. The van der Waals surface area contributed by atoms with Crippen LogP contribution in [0.3, 0.4) is 0 Å². The van der Waals surface area contributed by atoms with Crippen LogP contribution in [0.2, 0.25) is 5.02 Å². The summed E-state index contributed by atoms with van der Waals surface area (Å²) in [6.45, 7) is 4.92. The van der Waals surface area contributed by atoms with Gasteiger partial charge in [0, 0.05) is 37.3 Å². The van der Waals surface area contributed by atoms with Crippen LogP contribution < -0.4 is 15.1 Å². The SMILES string of the molecule is O=C(/C=C/c1ccccc1Cl)NCc1nc(N2CCCC2)nc(N2CCOCC2)n1. The summed E-state index contributed by atoms with van der Waals surface area (Å²) in [7, 11) is 0. The molecule has 2 aromatic rings. The first-order valence-electron chi connectivity index (χ1n) is 10.2. The Labute approximate surface area is 180 Å². The van der Waals surface area contributed by atoms with Crippen molar-refractivity contribution in [3.8, 4) is 0 Å². The number of amides is 1. The average Bonchev–Trinajstić information content (AvgIpc) is 3.33. The predicted molar refractivity (Wildman–Crippen MR) is 117 cm³/mol. The largest absolute Gasteiger partial charge is 0.378 e. The number of hydrogen-bond donors (Lipinski definition) is 1. The van der Waals surface area contributed by atoms with Crippen molar-refractivity contribution in [2.24, 2.45) is 0 Å². The Balaban J connectivity index is 1.46. The number of aromatic nitrogens is 3. The van der Waals surface area contributed by atoms with E-state index in [9.17, 15) is 4.79 Å². The molecule has 4 rings (SSSR count). The Kier molecular flexibility index (Phi) is 6.76. The van der Waals surface area contributed by atoms with E-state index in [1.165, 1.54) is 6.08 Å². The van der Waals surface area contributed by atoms with Crippen LogP contribution in [0.15, 0.2) is 30.3 Å². The third-order valence-corrected chi connectivity index (χ3v) is 5.43. The number of nitrogens with one attached hydrogen (secondary N) is 1. The fraction of sp³-hybridized carbons (Fsp3) is 0.429. The van der Waals surface area contributed by atoms with Gasteiger partial charge in [-0.05, 0) is 30.5 Å². The van der Waals surface area contributed by atoms with Crippen LogP contribution in [0.1, 0.15) is 24.2 Å². The minimum Gasteiger partial charge on any atom is -0.378 e. The van der Waals surface area contributed by atoms with Crippen LogP contribution in [0.4, 0.5) is 11.9 Å². The van der Waals surface area contributed by atoms with Gasteiger partial charge < -0.3 is 19.9 Å². The number of ether oxygens (including phenoxy) is 1. The van der Waals surface area contributed by atoms with Gasteiger partial charge in [-0.15, -0.1) is 0 Å². The molecule has 0 atom stereocenters. The Morgan fingerprint density at radius 1 is 1.03 bits per heavy atom. The van der Waals surface area contributed by atoms with Crippen LogP contribution >= 0.6 is 11.6 Å². The molecule has 0 unspecified atom stereocenters. The van der Waals surface area contributed by atoms with Crippen LogP contribution in [-0.4, -0.2) is 60.3 Å². The molecule has 1 N–H and O–H groups in total. The molecule has 0 spiro atoms. The van der Waals surface area contributed by atoms with E-state index in [4.69, 9.17) is 16.3 Å². The Hall–Kier alpha value is -2.71. The molecule has 1 amide bonds. The van der Waals surface area contributed by atoms with Gasteiger partial charge in [-0.3, -0.25) is 4.79 Å². The highest BCUT2D eigenvalue weighted by Gasteiger charge is 2.21. The summed E-state index contributed by atoms with van der Waals surface area (Å²) in [4.78, 5) is 30.4. The molecule has 0 saturated carbocycles. The molecule has 2 fully saturated rings. The lowest BCUT2D eigenvalue weighted by Gasteiger charge is -2.28. The smallest absolute Gasteiger partial charge is 0.244 e. The van der Waals surface area contributed by atoms with E-state index in [2.05, 4.69) is 30.1 Å². The van der Waals surface area contributed by atoms with Crippen molar-refractivity contribution >= 4 is 35.5 Å². The van der Waals surface area contributed by atoms with Crippen LogP contribution in [0.25, 0.3) is 6.08 Å². The van der Waals surface area contributed by atoms with E-state index in [0.717, 1.165) is 44.6 Å².